The fourth-order valence-electron chi connectivity index (χ4n) is 1.92. The van der Waals surface area contributed by atoms with Crippen LogP contribution in [0, 0.1) is 0 Å². The average Bonchev–Trinajstić information content (AvgIpc) is 2.65. The molecule has 3 heteroatoms. The van der Waals surface area contributed by atoms with E-state index < -0.39 is 0 Å². The fourth-order valence-corrected chi connectivity index (χ4v) is 1.92. The van der Waals surface area contributed by atoms with Crippen LogP contribution in [-0.4, -0.2) is 22.5 Å². The molecule has 0 saturated carbocycles. The topological polar surface area (TPSA) is 40.5 Å². The average molecular weight is 205 g/mol. The third-order valence-corrected chi connectivity index (χ3v) is 2.72. The number of nitrogens with zero attached hydrogens (tertiary/aromatic N) is 1. The van der Waals surface area contributed by atoms with Gasteiger partial charge in [0.1, 0.15) is 0 Å². The number of hydrogen-bond acceptors (Lipinski definition) is 2. The van der Waals surface area contributed by atoms with Gasteiger partial charge in [-0.3, -0.25) is 4.79 Å². The predicted molar refractivity (Wildman–Crippen MR) is 57.0 cm³/mol. The van der Waals surface area contributed by atoms with E-state index in [4.69, 9.17) is 5.11 Å². The Morgan fingerprint density at radius 2 is 2.13 bits per heavy atom. The highest BCUT2D eigenvalue weighted by Gasteiger charge is 2.19. The van der Waals surface area contributed by atoms with E-state index in [0.29, 0.717) is 13.0 Å². The van der Waals surface area contributed by atoms with Crippen LogP contribution in [0.15, 0.2) is 24.3 Å². The lowest BCUT2D eigenvalue weighted by Gasteiger charge is -2.15. The molecule has 0 spiro atoms. The Balaban J connectivity index is 2.06. The summed E-state index contributed by atoms with van der Waals surface area (Å²) in [6.07, 6.45) is 1.65. The predicted octanol–water partition coefficient (Wildman–Crippen LogP) is 1.30. The van der Waals surface area contributed by atoms with Gasteiger partial charge < -0.3 is 10.0 Å². The molecule has 1 fully saturated rings. The number of aliphatic hydroxyl groups excluding tert-OH is 1. The van der Waals surface area contributed by atoms with Crippen LogP contribution >= 0.6 is 0 Å². The zero-order valence-electron chi connectivity index (χ0n) is 8.65. The van der Waals surface area contributed by atoms with E-state index in [9.17, 15) is 4.79 Å². The molecule has 3 nitrogen and oxygen atoms in total. The zero-order valence-corrected chi connectivity index (χ0v) is 8.65. The van der Waals surface area contributed by atoms with Gasteiger partial charge in [0.25, 0.3) is 0 Å². The maximum absolute atomic E-state index is 11.4. The van der Waals surface area contributed by atoms with Crippen LogP contribution in [0.4, 0.5) is 0 Å². The number of rotatable bonds is 3. The Kier molecular flexibility index (Phi) is 3.02. The fraction of sp³-hybridized carbons (Fsp3) is 0.417. The highest BCUT2D eigenvalue weighted by atomic mass is 16.3. The van der Waals surface area contributed by atoms with Crippen molar-refractivity contribution in [3.8, 4) is 0 Å². The van der Waals surface area contributed by atoms with Gasteiger partial charge in [0.15, 0.2) is 0 Å². The molecule has 1 aromatic rings. The molecule has 1 aromatic carbocycles. The minimum atomic E-state index is 0.0573. The first-order chi connectivity index (χ1) is 7.29. The van der Waals surface area contributed by atoms with E-state index in [1.165, 1.54) is 0 Å². The van der Waals surface area contributed by atoms with Gasteiger partial charge in [-0.2, -0.15) is 0 Å². The van der Waals surface area contributed by atoms with Crippen molar-refractivity contribution in [2.75, 3.05) is 6.54 Å². The number of carbonyl (C=O) groups is 1. The van der Waals surface area contributed by atoms with Gasteiger partial charge in [0.05, 0.1) is 6.61 Å². The number of carbonyl (C=O) groups excluding carboxylic acids is 1. The summed E-state index contributed by atoms with van der Waals surface area (Å²) in [6.45, 7) is 1.59. The smallest absolute Gasteiger partial charge is 0.222 e. The van der Waals surface area contributed by atoms with Crippen molar-refractivity contribution in [2.24, 2.45) is 0 Å². The summed E-state index contributed by atoms with van der Waals surface area (Å²) in [4.78, 5) is 13.3. The molecule has 1 aliphatic rings. The SMILES string of the molecule is O=C1CCCN1Cc1cccc(CO)c1. The van der Waals surface area contributed by atoms with E-state index in [1.54, 1.807) is 0 Å². The molecule has 15 heavy (non-hydrogen) atoms. The Labute approximate surface area is 89.3 Å². The first-order valence-corrected chi connectivity index (χ1v) is 5.26. The van der Waals surface area contributed by atoms with Crippen LogP contribution in [-0.2, 0) is 17.9 Å². The second kappa shape index (κ2) is 4.45. The molecule has 1 heterocycles. The van der Waals surface area contributed by atoms with E-state index in [-0.39, 0.29) is 12.5 Å². The van der Waals surface area contributed by atoms with Crippen LogP contribution in [0.25, 0.3) is 0 Å². The first-order valence-electron chi connectivity index (χ1n) is 5.26. The molecule has 2 rings (SSSR count). The van der Waals surface area contributed by atoms with Crippen LogP contribution < -0.4 is 0 Å². The molecule has 1 aliphatic heterocycles. The van der Waals surface area contributed by atoms with Gasteiger partial charge in [-0.05, 0) is 17.5 Å². The second-order valence-electron chi connectivity index (χ2n) is 3.90. The lowest BCUT2D eigenvalue weighted by atomic mass is 10.1. The van der Waals surface area contributed by atoms with Crippen molar-refractivity contribution in [1.29, 1.82) is 0 Å². The Morgan fingerprint density at radius 1 is 1.33 bits per heavy atom. The number of likely N-dealkylation sites (tertiary alicyclic amines) is 1. The monoisotopic (exact) mass is 205 g/mol. The summed E-state index contributed by atoms with van der Waals surface area (Å²) in [5, 5.41) is 8.99. The van der Waals surface area contributed by atoms with Gasteiger partial charge in [0, 0.05) is 19.5 Å². The molecule has 0 unspecified atom stereocenters. The Morgan fingerprint density at radius 3 is 2.80 bits per heavy atom. The molecule has 1 amide bonds. The second-order valence-corrected chi connectivity index (χ2v) is 3.90. The molecule has 0 radical (unpaired) electrons. The molecule has 1 N–H and O–H groups in total. The van der Waals surface area contributed by atoms with Crippen molar-refractivity contribution < 1.29 is 9.90 Å². The van der Waals surface area contributed by atoms with E-state index in [1.807, 2.05) is 29.2 Å². The summed E-state index contributed by atoms with van der Waals surface area (Å²) in [7, 11) is 0. The van der Waals surface area contributed by atoms with Crippen molar-refractivity contribution in [2.45, 2.75) is 26.0 Å². The summed E-state index contributed by atoms with van der Waals surface area (Å²) in [5.74, 6) is 0.240. The Bertz CT molecular complexity index is 362. The van der Waals surface area contributed by atoms with Crippen LogP contribution in [0.1, 0.15) is 24.0 Å². The molecule has 1 saturated heterocycles. The number of amides is 1. The highest BCUT2D eigenvalue weighted by Crippen LogP contribution is 2.15. The molecule has 0 aromatic heterocycles. The van der Waals surface area contributed by atoms with E-state index in [2.05, 4.69) is 0 Å². The third-order valence-electron chi connectivity index (χ3n) is 2.72. The van der Waals surface area contributed by atoms with Gasteiger partial charge in [0.2, 0.25) is 5.91 Å². The molecule has 0 atom stereocenters. The molecule has 0 bridgehead atoms. The standard InChI is InChI=1S/C12H15NO2/c14-9-11-4-1-3-10(7-11)8-13-6-2-5-12(13)15/h1,3-4,7,14H,2,5-6,8-9H2. The molecule has 0 aliphatic carbocycles. The van der Waals surface area contributed by atoms with Crippen LogP contribution in [0.5, 0.6) is 0 Å². The molecular formula is C12H15NO2. The maximum atomic E-state index is 11.4. The lowest BCUT2D eigenvalue weighted by molar-refractivity contribution is -0.128. The van der Waals surface area contributed by atoms with Gasteiger partial charge in [-0.15, -0.1) is 0 Å². The van der Waals surface area contributed by atoms with Crippen molar-refractivity contribution >= 4 is 5.91 Å². The number of hydrogen-bond donors (Lipinski definition) is 1. The van der Waals surface area contributed by atoms with E-state index in [0.717, 1.165) is 24.1 Å². The van der Waals surface area contributed by atoms with Crippen LogP contribution in [0.2, 0.25) is 0 Å². The van der Waals surface area contributed by atoms with Gasteiger partial charge >= 0.3 is 0 Å². The Hall–Kier alpha value is -1.35. The lowest BCUT2D eigenvalue weighted by Crippen LogP contribution is -2.23. The zero-order chi connectivity index (χ0) is 10.7. The van der Waals surface area contributed by atoms with Crippen LogP contribution in [0.3, 0.4) is 0 Å². The van der Waals surface area contributed by atoms with Gasteiger partial charge in [-0.1, -0.05) is 24.3 Å². The maximum Gasteiger partial charge on any atom is 0.222 e. The number of benzene rings is 1. The van der Waals surface area contributed by atoms with Crippen molar-refractivity contribution in [1.82, 2.24) is 4.90 Å². The minimum absolute atomic E-state index is 0.0573. The summed E-state index contributed by atoms with van der Waals surface area (Å²) in [6, 6.07) is 7.74. The minimum Gasteiger partial charge on any atom is -0.392 e. The number of aliphatic hydroxyl groups is 1. The first kappa shape index (κ1) is 10.2. The molecule has 80 valence electrons. The summed E-state index contributed by atoms with van der Waals surface area (Å²) < 4.78 is 0. The third kappa shape index (κ3) is 2.36. The molecular weight excluding hydrogens is 190 g/mol. The van der Waals surface area contributed by atoms with E-state index >= 15 is 0 Å². The largest absolute Gasteiger partial charge is 0.392 e. The van der Waals surface area contributed by atoms with Gasteiger partial charge in [-0.25, -0.2) is 0 Å². The van der Waals surface area contributed by atoms with Crippen molar-refractivity contribution in [3.05, 3.63) is 35.4 Å². The quantitative estimate of drug-likeness (QED) is 0.808. The summed E-state index contributed by atoms with van der Waals surface area (Å²) in [5.41, 5.74) is 2.00. The normalized spacial score (nSPS) is 16.1. The summed E-state index contributed by atoms with van der Waals surface area (Å²) >= 11 is 0. The van der Waals surface area contributed by atoms with Crippen molar-refractivity contribution in [3.63, 3.8) is 0 Å². The highest BCUT2D eigenvalue weighted by molar-refractivity contribution is 5.78.